The molecule has 1 aliphatic rings. The molecule has 0 radical (unpaired) electrons. The predicted molar refractivity (Wildman–Crippen MR) is 93.3 cm³/mol. The van der Waals surface area contributed by atoms with E-state index >= 15 is 0 Å². The average molecular weight is 312 g/mol. The van der Waals surface area contributed by atoms with Crippen LogP contribution in [-0.2, 0) is 0 Å². The summed E-state index contributed by atoms with van der Waals surface area (Å²) in [7, 11) is 0. The Balaban J connectivity index is 2.10. The van der Waals surface area contributed by atoms with Gasteiger partial charge in [0, 0.05) is 5.92 Å². The summed E-state index contributed by atoms with van der Waals surface area (Å²) in [6, 6.07) is 5.76. The van der Waals surface area contributed by atoms with Crippen LogP contribution in [0, 0.1) is 6.92 Å². The summed E-state index contributed by atoms with van der Waals surface area (Å²) in [5, 5.41) is 0.930. The standard InChI is InChI=1S/C20H24O3/c1-12(2)8-7-11-20(5)14(4)17-18(23-20)16-13(3)9-6-10-15(16)22-19(17)21/h6,8-10,14H,7,11H2,1-5H3. The zero-order valence-corrected chi connectivity index (χ0v) is 14.5. The molecule has 2 unspecified atom stereocenters. The molecule has 3 rings (SSSR count). The van der Waals surface area contributed by atoms with Crippen LogP contribution in [0.15, 0.2) is 39.1 Å². The Labute approximate surface area is 137 Å². The number of rotatable bonds is 3. The second kappa shape index (κ2) is 5.55. The summed E-state index contributed by atoms with van der Waals surface area (Å²) in [4.78, 5) is 12.5. The van der Waals surface area contributed by atoms with Crippen molar-refractivity contribution in [3.63, 3.8) is 0 Å². The molecule has 2 aromatic rings. The summed E-state index contributed by atoms with van der Waals surface area (Å²) >= 11 is 0. The van der Waals surface area contributed by atoms with Gasteiger partial charge in [-0.15, -0.1) is 0 Å². The molecule has 23 heavy (non-hydrogen) atoms. The zero-order valence-electron chi connectivity index (χ0n) is 14.5. The van der Waals surface area contributed by atoms with Crippen molar-refractivity contribution in [2.45, 2.75) is 59.0 Å². The first kappa shape index (κ1) is 15.9. The number of aryl methyl sites for hydroxylation is 1. The highest BCUT2D eigenvalue weighted by molar-refractivity contribution is 5.88. The van der Waals surface area contributed by atoms with Crippen LogP contribution in [0.3, 0.4) is 0 Å². The van der Waals surface area contributed by atoms with Crippen molar-refractivity contribution >= 4 is 11.0 Å². The first-order valence-electron chi connectivity index (χ1n) is 8.22. The van der Waals surface area contributed by atoms with E-state index in [1.807, 2.05) is 25.1 Å². The van der Waals surface area contributed by atoms with E-state index in [4.69, 9.17) is 9.15 Å². The van der Waals surface area contributed by atoms with E-state index in [9.17, 15) is 4.79 Å². The van der Waals surface area contributed by atoms with Gasteiger partial charge in [-0.05, 0) is 52.2 Å². The SMILES string of the molecule is CC(C)=CCCC1(C)Oc2c(c(=O)oc3cccc(C)c23)C1C. The van der Waals surface area contributed by atoms with Crippen molar-refractivity contribution in [2.75, 3.05) is 0 Å². The highest BCUT2D eigenvalue weighted by atomic mass is 16.5. The Kier molecular flexibility index (Phi) is 3.83. The lowest BCUT2D eigenvalue weighted by atomic mass is 9.84. The fourth-order valence-corrected chi connectivity index (χ4v) is 3.42. The smallest absolute Gasteiger partial charge is 0.343 e. The third-order valence-corrected chi connectivity index (χ3v) is 5.01. The molecular weight excluding hydrogens is 288 g/mol. The predicted octanol–water partition coefficient (Wildman–Crippen LogP) is 5.10. The van der Waals surface area contributed by atoms with Crippen molar-refractivity contribution in [1.29, 1.82) is 0 Å². The lowest BCUT2D eigenvalue weighted by Gasteiger charge is -2.28. The molecule has 0 saturated heterocycles. The van der Waals surface area contributed by atoms with Crippen LogP contribution in [0.1, 0.15) is 57.6 Å². The van der Waals surface area contributed by atoms with E-state index < -0.39 is 0 Å². The normalized spacial score (nSPS) is 22.7. The highest BCUT2D eigenvalue weighted by Crippen LogP contribution is 2.48. The molecule has 2 heterocycles. The third kappa shape index (κ3) is 2.58. The van der Waals surface area contributed by atoms with Gasteiger partial charge in [0.25, 0.3) is 0 Å². The fourth-order valence-electron chi connectivity index (χ4n) is 3.42. The lowest BCUT2D eigenvalue weighted by molar-refractivity contribution is 0.0862. The average Bonchev–Trinajstić information content (AvgIpc) is 2.71. The van der Waals surface area contributed by atoms with Crippen LogP contribution in [0.5, 0.6) is 5.75 Å². The number of ether oxygens (including phenoxy) is 1. The number of hydrogen-bond donors (Lipinski definition) is 0. The van der Waals surface area contributed by atoms with Gasteiger partial charge in [0.15, 0.2) is 0 Å². The van der Waals surface area contributed by atoms with Gasteiger partial charge in [-0.25, -0.2) is 4.79 Å². The van der Waals surface area contributed by atoms with Gasteiger partial charge in [-0.3, -0.25) is 0 Å². The van der Waals surface area contributed by atoms with Gasteiger partial charge in [-0.1, -0.05) is 30.7 Å². The molecule has 1 aromatic heterocycles. The van der Waals surface area contributed by atoms with Gasteiger partial charge in [0.2, 0.25) is 0 Å². The summed E-state index contributed by atoms with van der Waals surface area (Å²) in [6.45, 7) is 10.4. The van der Waals surface area contributed by atoms with Crippen LogP contribution in [-0.4, -0.2) is 5.60 Å². The molecule has 2 atom stereocenters. The largest absolute Gasteiger partial charge is 0.486 e. The molecule has 0 amide bonds. The molecule has 0 spiro atoms. The van der Waals surface area contributed by atoms with E-state index in [0.717, 1.165) is 29.5 Å². The van der Waals surface area contributed by atoms with E-state index in [0.29, 0.717) is 11.1 Å². The van der Waals surface area contributed by atoms with E-state index in [2.05, 4.69) is 33.8 Å². The molecule has 122 valence electrons. The van der Waals surface area contributed by atoms with Gasteiger partial charge < -0.3 is 9.15 Å². The first-order chi connectivity index (χ1) is 10.8. The van der Waals surface area contributed by atoms with Crippen molar-refractivity contribution < 1.29 is 9.15 Å². The fraction of sp³-hybridized carbons (Fsp3) is 0.450. The van der Waals surface area contributed by atoms with E-state index in [1.54, 1.807) is 0 Å². The Morgan fingerprint density at radius 2 is 2.09 bits per heavy atom. The minimum atomic E-state index is -0.375. The molecule has 0 N–H and O–H groups in total. The van der Waals surface area contributed by atoms with Crippen molar-refractivity contribution in [3.05, 3.63) is 51.4 Å². The first-order valence-corrected chi connectivity index (χ1v) is 8.22. The highest BCUT2D eigenvalue weighted by Gasteiger charge is 2.45. The summed E-state index contributed by atoms with van der Waals surface area (Å²) in [5.74, 6) is 0.741. The molecule has 3 nitrogen and oxygen atoms in total. The van der Waals surface area contributed by atoms with Crippen molar-refractivity contribution in [2.24, 2.45) is 0 Å². The minimum absolute atomic E-state index is 0.0170. The van der Waals surface area contributed by atoms with Crippen molar-refractivity contribution in [3.8, 4) is 5.75 Å². The maximum Gasteiger partial charge on any atom is 0.343 e. The molecular formula is C20H24O3. The monoisotopic (exact) mass is 312 g/mol. The van der Waals surface area contributed by atoms with E-state index in [-0.39, 0.29) is 17.1 Å². The lowest BCUT2D eigenvalue weighted by Crippen LogP contribution is -2.33. The Morgan fingerprint density at radius 3 is 2.78 bits per heavy atom. The third-order valence-electron chi connectivity index (χ3n) is 5.01. The number of benzene rings is 1. The molecule has 0 saturated carbocycles. The van der Waals surface area contributed by atoms with Crippen LogP contribution in [0.2, 0.25) is 0 Å². The Morgan fingerprint density at radius 1 is 1.35 bits per heavy atom. The topological polar surface area (TPSA) is 39.4 Å². The number of allylic oxidation sites excluding steroid dienone is 2. The van der Waals surface area contributed by atoms with E-state index in [1.165, 1.54) is 5.57 Å². The second-order valence-corrected chi connectivity index (χ2v) is 7.04. The van der Waals surface area contributed by atoms with Gasteiger partial charge >= 0.3 is 5.63 Å². The van der Waals surface area contributed by atoms with Gasteiger partial charge in [0.1, 0.15) is 16.9 Å². The minimum Gasteiger partial charge on any atom is -0.486 e. The summed E-state index contributed by atoms with van der Waals surface area (Å²) < 4.78 is 11.9. The molecule has 1 aliphatic heterocycles. The summed E-state index contributed by atoms with van der Waals surface area (Å²) in [6.07, 6.45) is 4.04. The Hall–Kier alpha value is -2.03. The maximum atomic E-state index is 12.5. The van der Waals surface area contributed by atoms with Crippen LogP contribution in [0.4, 0.5) is 0 Å². The second-order valence-electron chi connectivity index (χ2n) is 7.04. The Bertz CT molecular complexity index is 840. The van der Waals surface area contributed by atoms with Gasteiger partial charge in [-0.2, -0.15) is 0 Å². The van der Waals surface area contributed by atoms with Crippen molar-refractivity contribution in [1.82, 2.24) is 0 Å². The van der Waals surface area contributed by atoms with Gasteiger partial charge in [0.05, 0.1) is 10.9 Å². The molecule has 3 heteroatoms. The van der Waals surface area contributed by atoms with Crippen LogP contribution >= 0.6 is 0 Å². The number of fused-ring (bicyclic) bond motifs is 3. The quantitative estimate of drug-likeness (QED) is 0.584. The zero-order chi connectivity index (χ0) is 16.8. The van der Waals surface area contributed by atoms with Crippen LogP contribution in [0.25, 0.3) is 11.0 Å². The number of hydrogen-bond acceptors (Lipinski definition) is 3. The molecule has 0 fully saturated rings. The summed E-state index contributed by atoms with van der Waals surface area (Å²) in [5.41, 5.74) is 3.03. The molecule has 0 bridgehead atoms. The maximum absolute atomic E-state index is 12.5. The molecule has 0 aliphatic carbocycles. The van der Waals surface area contributed by atoms with Crippen LogP contribution < -0.4 is 10.4 Å². The molecule has 1 aromatic carbocycles.